The monoisotopic (exact) mass is 268 g/mol. The lowest BCUT2D eigenvalue weighted by Gasteiger charge is -2.23. The normalized spacial score (nSPS) is 10.8. The lowest BCUT2D eigenvalue weighted by molar-refractivity contribution is -0.384. The van der Waals surface area contributed by atoms with Crippen molar-refractivity contribution in [3.8, 4) is 0 Å². The van der Waals surface area contributed by atoms with E-state index < -0.39 is 4.92 Å². The van der Waals surface area contributed by atoms with Gasteiger partial charge in [0.25, 0.3) is 0 Å². The Morgan fingerprint density at radius 3 is 2.68 bits per heavy atom. The third-order valence-electron chi connectivity index (χ3n) is 2.72. The first-order chi connectivity index (χ1) is 8.93. The van der Waals surface area contributed by atoms with Crippen LogP contribution in [0.15, 0.2) is 12.7 Å². The highest BCUT2D eigenvalue weighted by molar-refractivity contribution is 5.62. The van der Waals surface area contributed by atoms with Crippen molar-refractivity contribution >= 4 is 11.5 Å². The van der Waals surface area contributed by atoms with Gasteiger partial charge < -0.3 is 10.0 Å². The van der Waals surface area contributed by atoms with Crippen LogP contribution in [0.2, 0.25) is 0 Å². The molecule has 1 N–H and O–H groups in total. The highest BCUT2D eigenvalue weighted by Crippen LogP contribution is 2.33. The van der Waals surface area contributed by atoms with Gasteiger partial charge in [0.15, 0.2) is 0 Å². The maximum atomic E-state index is 11.2. The Kier molecular flexibility index (Phi) is 5.05. The summed E-state index contributed by atoms with van der Waals surface area (Å²) in [6.07, 6.45) is 1.65. The van der Waals surface area contributed by atoms with Crippen molar-refractivity contribution in [1.82, 2.24) is 9.78 Å². The quantitative estimate of drug-likeness (QED) is 0.462. The summed E-state index contributed by atoms with van der Waals surface area (Å²) in [6.45, 7) is 9.70. The molecule has 1 aromatic heterocycles. The first kappa shape index (κ1) is 15.2. The van der Waals surface area contributed by atoms with Crippen LogP contribution < -0.4 is 4.90 Å². The van der Waals surface area contributed by atoms with Gasteiger partial charge in [0.1, 0.15) is 5.69 Å². The van der Waals surface area contributed by atoms with Gasteiger partial charge in [-0.05, 0) is 20.8 Å². The van der Waals surface area contributed by atoms with Crippen molar-refractivity contribution in [2.45, 2.75) is 26.8 Å². The summed E-state index contributed by atoms with van der Waals surface area (Å²) in [5, 5.41) is 24.6. The first-order valence-corrected chi connectivity index (χ1v) is 6.14. The summed E-state index contributed by atoms with van der Waals surface area (Å²) < 4.78 is 1.62. The molecule has 0 aliphatic carbocycles. The fourth-order valence-corrected chi connectivity index (χ4v) is 1.96. The number of hydrogen-bond donors (Lipinski definition) is 1. The Bertz CT molecular complexity index is 468. The van der Waals surface area contributed by atoms with Crippen molar-refractivity contribution in [3.05, 3.63) is 28.5 Å². The zero-order valence-corrected chi connectivity index (χ0v) is 11.5. The molecule has 1 heterocycles. The molecule has 0 saturated heterocycles. The average molecular weight is 268 g/mol. The molecule has 0 radical (unpaired) electrons. The van der Waals surface area contributed by atoms with E-state index in [1.54, 1.807) is 22.6 Å². The lowest BCUT2D eigenvalue weighted by atomic mass is 10.3. The predicted molar refractivity (Wildman–Crippen MR) is 73.5 cm³/mol. The van der Waals surface area contributed by atoms with E-state index in [-0.39, 0.29) is 18.3 Å². The van der Waals surface area contributed by atoms with Crippen LogP contribution in [0.4, 0.5) is 11.5 Å². The molecule has 7 nitrogen and oxygen atoms in total. The van der Waals surface area contributed by atoms with Crippen LogP contribution in [-0.2, 0) is 0 Å². The molecule has 0 aliphatic heterocycles. The Labute approximate surface area is 112 Å². The molecule has 0 aliphatic rings. The van der Waals surface area contributed by atoms with Gasteiger partial charge >= 0.3 is 5.69 Å². The summed E-state index contributed by atoms with van der Waals surface area (Å²) in [5.41, 5.74) is 0.365. The Balaban J connectivity index is 3.41. The molecule has 0 fully saturated rings. The first-order valence-electron chi connectivity index (χ1n) is 6.14. The highest BCUT2D eigenvalue weighted by Gasteiger charge is 2.29. The highest BCUT2D eigenvalue weighted by atomic mass is 16.6. The van der Waals surface area contributed by atoms with Gasteiger partial charge in [-0.3, -0.25) is 10.1 Å². The van der Waals surface area contributed by atoms with Crippen LogP contribution in [-0.4, -0.2) is 39.5 Å². The minimum atomic E-state index is -0.427. The summed E-state index contributed by atoms with van der Waals surface area (Å²) in [6, 6.07) is -0.00610. The minimum Gasteiger partial charge on any atom is -0.395 e. The number of aryl methyl sites for hydroxylation is 1. The second kappa shape index (κ2) is 6.33. The fraction of sp³-hybridized carbons (Fsp3) is 0.583. The number of aliphatic hydroxyl groups excluding tert-OH is 1. The zero-order valence-electron chi connectivity index (χ0n) is 11.5. The molecule has 0 bridgehead atoms. The maximum Gasteiger partial charge on any atom is 0.333 e. The molecule has 0 saturated carbocycles. The van der Waals surface area contributed by atoms with Gasteiger partial charge in [-0.2, -0.15) is 5.10 Å². The molecular weight excluding hydrogens is 248 g/mol. The van der Waals surface area contributed by atoms with Crippen LogP contribution in [0.25, 0.3) is 0 Å². The lowest BCUT2D eigenvalue weighted by Crippen LogP contribution is -2.30. The van der Waals surface area contributed by atoms with E-state index in [1.165, 1.54) is 0 Å². The van der Waals surface area contributed by atoms with Gasteiger partial charge in [0, 0.05) is 19.1 Å². The molecule has 0 aromatic carbocycles. The van der Waals surface area contributed by atoms with E-state index in [9.17, 15) is 10.1 Å². The predicted octanol–water partition coefficient (Wildman–Crippen LogP) is 1.67. The third-order valence-corrected chi connectivity index (χ3v) is 2.72. The van der Waals surface area contributed by atoms with E-state index in [0.29, 0.717) is 24.6 Å². The minimum absolute atomic E-state index is 0.00610. The molecule has 7 heteroatoms. The second-order valence-corrected chi connectivity index (χ2v) is 4.51. The molecule has 19 heavy (non-hydrogen) atoms. The molecular formula is C12H20N4O3. The molecule has 106 valence electrons. The summed E-state index contributed by atoms with van der Waals surface area (Å²) in [7, 11) is 0. The Morgan fingerprint density at radius 1 is 1.63 bits per heavy atom. The smallest absolute Gasteiger partial charge is 0.333 e. The van der Waals surface area contributed by atoms with Crippen LogP contribution in [0, 0.1) is 17.0 Å². The number of rotatable bonds is 7. The van der Waals surface area contributed by atoms with Crippen LogP contribution in [0.5, 0.6) is 0 Å². The largest absolute Gasteiger partial charge is 0.395 e. The van der Waals surface area contributed by atoms with Gasteiger partial charge in [0.05, 0.1) is 11.5 Å². The fourth-order valence-electron chi connectivity index (χ4n) is 1.96. The SMILES string of the molecule is C=CCN(CCO)c1c([N+](=O)[O-])c(C)nn1C(C)C. The maximum absolute atomic E-state index is 11.2. The topological polar surface area (TPSA) is 84.4 Å². The van der Waals surface area contributed by atoms with E-state index in [4.69, 9.17) is 5.11 Å². The van der Waals surface area contributed by atoms with Gasteiger partial charge in [0.2, 0.25) is 5.82 Å². The van der Waals surface area contributed by atoms with Crippen molar-refractivity contribution in [1.29, 1.82) is 0 Å². The second-order valence-electron chi connectivity index (χ2n) is 4.51. The van der Waals surface area contributed by atoms with Gasteiger partial charge in [-0.15, -0.1) is 6.58 Å². The van der Waals surface area contributed by atoms with E-state index in [0.717, 1.165) is 0 Å². The number of hydrogen-bond acceptors (Lipinski definition) is 5. The molecule has 0 spiro atoms. The van der Waals surface area contributed by atoms with E-state index in [2.05, 4.69) is 11.7 Å². The summed E-state index contributed by atoms with van der Waals surface area (Å²) in [4.78, 5) is 12.5. The zero-order chi connectivity index (χ0) is 14.6. The van der Waals surface area contributed by atoms with Crippen molar-refractivity contribution < 1.29 is 10.0 Å². The van der Waals surface area contributed by atoms with Crippen molar-refractivity contribution in [2.75, 3.05) is 24.6 Å². The Morgan fingerprint density at radius 2 is 2.26 bits per heavy atom. The molecule has 0 unspecified atom stereocenters. The molecule has 1 rings (SSSR count). The van der Waals surface area contributed by atoms with Crippen LogP contribution in [0.1, 0.15) is 25.6 Å². The van der Waals surface area contributed by atoms with Gasteiger partial charge in [-0.1, -0.05) is 6.08 Å². The molecule has 0 atom stereocenters. The number of aromatic nitrogens is 2. The standard InChI is InChI=1S/C12H20N4O3/c1-5-6-14(7-8-17)12-11(16(18)19)10(4)13-15(12)9(2)3/h5,9,17H,1,6-8H2,2-4H3. The number of anilines is 1. The van der Waals surface area contributed by atoms with Gasteiger partial charge in [-0.25, -0.2) is 4.68 Å². The molecule has 0 amide bonds. The number of nitrogens with zero attached hydrogens (tertiary/aromatic N) is 4. The van der Waals surface area contributed by atoms with Crippen LogP contribution in [0.3, 0.4) is 0 Å². The summed E-state index contributed by atoms with van der Waals surface area (Å²) in [5.74, 6) is 0.423. The number of aliphatic hydroxyl groups is 1. The number of nitro groups is 1. The van der Waals surface area contributed by atoms with E-state index >= 15 is 0 Å². The third kappa shape index (κ3) is 3.11. The Hall–Kier alpha value is -1.89. The average Bonchev–Trinajstić information content (AvgIpc) is 2.66. The van der Waals surface area contributed by atoms with Crippen molar-refractivity contribution in [3.63, 3.8) is 0 Å². The summed E-state index contributed by atoms with van der Waals surface area (Å²) >= 11 is 0. The van der Waals surface area contributed by atoms with Crippen LogP contribution >= 0.6 is 0 Å². The molecule has 1 aromatic rings. The van der Waals surface area contributed by atoms with Crippen molar-refractivity contribution in [2.24, 2.45) is 0 Å². The van der Waals surface area contributed by atoms with E-state index in [1.807, 2.05) is 13.8 Å².